The Bertz CT molecular complexity index is 874. The van der Waals surface area contributed by atoms with Crippen LogP contribution in [0.3, 0.4) is 0 Å². The maximum Gasteiger partial charge on any atom is 0.144 e. The lowest BCUT2D eigenvalue weighted by Crippen LogP contribution is -3.00. The van der Waals surface area contributed by atoms with Crippen LogP contribution in [0, 0.1) is 5.82 Å². The van der Waals surface area contributed by atoms with Gasteiger partial charge in [-0.3, -0.25) is 0 Å². The molecule has 0 atom stereocenters. The molecule has 4 aromatic carbocycles. The quantitative estimate of drug-likeness (QED) is 0.424. The highest BCUT2D eigenvalue weighted by Crippen LogP contribution is 2.54. The normalized spacial score (nSPS) is 10.9. The third-order valence-corrected chi connectivity index (χ3v) is 8.94. The Hall–Kier alpha value is -2.28. The van der Waals surface area contributed by atoms with Gasteiger partial charge in [-0.05, 0) is 60.7 Å². The van der Waals surface area contributed by atoms with E-state index in [0.717, 1.165) is 5.30 Å². The second-order valence-corrected chi connectivity index (χ2v) is 9.56. The number of halogens is 2. The summed E-state index contributed by atoms with van der Waals surface area (Å²) in [5.74, 6) is -0.207. The van der Waals surface area contributed by atoms with E-state index in [2.05, 4.69) is 72.8 Å². The summed E-state index contributed by atoms with van der Waals surface area (Å²) in [4.78, 5) is 0. The molecular formula is C24H19BrFP. The Labute approximate surface area is 170 Å². The molecule has 0 heterocycles. The van der Waals surface area contributed by atoms with E-state index in [9.17, 15) is 4.39 Å². The Kier molecular flexibility index (Phi) is 6.21. The summed E-state index contributed by atoms with van der Waals surface area (Å²) in [5.41, 5.74) is 0. The van der Waals surface area contributed by atoms with E-state index in [1.807, 2.05) is 30.3 Å². The van der Waals surface area contributed by atoms with Gasteiger partial charge in [-0.25, -0.2) is 4.39 Å². The molecule has 0 aromatic heterocycles. The van der Waals surface area contributed by atoms with Crippen LogP contribution in [0.25, 0.3) is 0 Å². The highest BCUT2D eigenvalue weighted by molar-refractivity contribution is 8.01. The Morgan fingerprint density at radius 3 is 1.04 bits per heavy atom. The summed E-state index contributed by atoms with van der Waals surface area (Å²) in [6.45, 7) is 0. The molecule has 4 rings (SSSR count). The summed E-state index contributed by atoms with van der Waals surface area (Å²) in [6, 6.07) is 38.8. The van der Waals surface area contributed by atoms with E-state index in [4.69, 9.17) is 0 Å². The summed E-state index contributed by atoms with van der Waals surface area (Å²) in [6.07, 6.45) is 0. The van der Waals surface area contributed by atoms with Crippen LogP contribution in [-0.4, -0.2) is 0 Å². The van der Waals surface area contributed by atoms with Crippen LogP contribution in [0.2, 0.25) is 0 Å². The van der Waals surface area contributed by atoms with Crippen molar-refractivity contribution in [1.29, 1.82) is 0 Å². The minimum absolute atomic E-state index is 0. The molecule has 27 heavy (non-hydrogen) atoms. The second kappa shape index (κ2) is 8.61. The lowest BCUT2D eigenvalue weighted by atomic mass is 10.3. The number of hydrogen-bond acceptors (Lipinski definition) is 0. The van der Waals surface area contributed by atoms with E-state index in [0.29, 0.717) is 0 Å². The largest absolute Gasteiger partial charge is 1.00 e. The zero-order valence-electron chi connectivity index (χ0n) is 14.7. The van der Waals surface area contributed by atoms with E-state index in [1.54, 1.807) is 12.1 Å². The first-order valence-corrected chi connectivity index (χ1v) is 10.4. The standard InChI is InChI=1S/C24H19FP.BrH/c25-20-16-18-24(19-17-20)26(21-10-4-1-5-11-21,22-12-6-2-7-13-22)23-14-8-3-9-15-23;/h1-19H;1H/q+1;/p-1. The summed E-state index contributed by atoms with van der Waals surface area (Å²) < 4.78 is 13.7. The van der Waals surface area contributed by atoms with Gasteiger partial charge < -0.3 is 17.0 Å². The molecule has 0 aliphatic heterocycles. The monoisotopic (exact) mass is 436 g/mol. The maximum absolute atomic E-state index is 13.7. The molecule has 0 unspecified atom stereocenters. The molecule has 0 N–H and O–H groups in total. The van der Waals surface area contributed by atoms with Crippen molar-refractivity contribution in [2.45, 2.75) is 0 Å². The van der Waals surface area contributed by atoms with Crippen molar-refractivity contribution in [2.75, 3.05) is 0 Å². The molecule has 0 saturated carbocycles. The minimum Gasteiger partial charge on any atom is -1.00 e. The van der Waals surface area contributed by atoms with Gasteiger partial charge in [-0.2, -0.15) is 0 Å². The molecule has 0 nitrogen and oxygen atoms in total. The molecule has 134 valence electrons. The fourth-order valence-corrected chi connectivity index (χ4v) is 7.76. The van der Waals surface area contributed by atoms with Crippen molar-refractivity contribution in [1.82, 2.24) is 0 Å². The first-order chi connectivity index (χ1) is 12.8. The Morgan fingerprint density at radius 1 is 0.407 bits per heavy atom. The molecule has 0 saturated heterocycles. The predicted molar refractivity (Wildman–Crippen MR) is 111 cm³/mol. The van der Waals surface area contributed by atoms with Crippen molar-refractivity contribution >= 4 is 28.5 Å². The van der Waals surface area contributed by atoms with Crippen molar-refractivity contribution < 1.29 is 21.4 Å². The minimum atomic E-state index is -2.09. The third kappa shape index (κ3) is 3.60. The van der Waals surface area contributed by atoms with Gasteiger partial charge in [0.1, 0.15) is 34.3 Å². The molecule has 4 aromatic rings. The molecular weight excluding hydrogens is 418 g/mol. The van der Waals surface area contributed by atoms with Crippen molar-refractivity contribution in [3.63, 3.8) is 0 Å². The zero-order valence-corrected chi connectivity index (χ0v) is 17.2. The fraction of sp³-hybridized carbons (Fsp3) is 0. The number of hydrogen-bond donors (Lipinski definition) is 0. The van der Waals surface area contributed by atoms with Gasteiger partial charge in [0.2, 0.25) is 0 Å². The average molecular weight is 437 g/mol. The van der Waals surface area contributed by atoms with Crippen LogP contribution in [0.1, 0.15) is 0 Å². The zero-order chi connectivity index (χ0) is 17.8. The fourth-order valence-electron chi connectivity index (χ4n) is 3.51. The molecule has 3 heteroatoms. The van der Waals surface area contributed by atoms with E-state index >= 15 is 0 Å². The SMILES string of the molecule is Fc1ccc([P+](c2ccccc2)(c2ccccc2)c2ccccc2)cc1.[Br-]. The average Bonchev–Trinajstić information content (AvgIpc) is 2.72. The van der Waals surface area contributed by atoms with Gasteiger partial charge in [0.25, 0.3) is 0 Å². The van der Waals surface area contributed by atoms with Crippen molar-refractivity contribution in [3.05, 3.63) is 121 Å². The lowest BCUT2D eigenvalue weighted by Gasteiger charge is -2.27. The first-order valence-electron chi connectivity index (χ1n) is 8.64. The second-order valence-electron chi connectivity index (χ2n) is 6.15. The number of rotatable bonds is 4. The summed E-state index contributed by atoms with van der Waals surface area (Å²) >= 11 is 0. The van der Waals surface area contributed by atoms with Gasteiger partial charge in [0.05, 0.1) is 0 Å². The van der Waals surface area contributed by atoms with Crippen LogP contribution >= 0.6 is 7.26 Å². The van der Waals surface area contributed by atoms with Gasteiger partial charge in [0.15, 0.2) is 0 Å². The van der Waals surface area contributed by atoms with Gasteiger partial charge in [-0.15, -0.1) is 0 Å². The molecule has 0 fully saturated rings. The van der Waals surface area contributed by atoms with Crippen molar-refractivity contribution in [3.8, 4) is 0 Å². The molecule has 0 aliphatic rings. The Balaban J connectivity index is 0.00000210. The number of benzene rings is 4. The molecule has 0 aliphatic carbocycles. The Morgan fingerprint density at radius 2 is 0.704 bits per heavy atom. The van der Waals surface area contributed by atoms with Gasteiger partial charge in [0, 0.05) is 0 Å². The highest BCUT2D eigenvalue weighted by atomic mass is 79.9. The van der Waals surface area contributed by atoms with E-state index < -0.39 is 7.26 Å². The summed E-state index contributed by atoms with van der Waals surface area (Å²) in [5, 5.41) is 4.96. The smallest absolute Gasteiger partial charge is 0.144 e. The van der Waals surface area contributed by atoms with Crippen LogP contribution < -0.4 is 38.2 Å². The molecule has 0 spiro atoms. The van der Waals surface area contributed by atoms with Crippen LogP contribution in [0.5, 0.6) is 0 Å². The molecule has 0 amide bonds. The molecule has 0 radical (unpaired) electrons. The van der Waals surface area contributed by atoms with Gasteiger partial charge in [-0.1, -0.05) is 54.6 Å². The summed E-state index contributed by atoms with van der Waals surface area (Å²) in [7, 11) is -2.09. The predicted octanol–water partition coefficient (Wildman–Crippen LogP) is 1.45. The van der Waals surface area contributed by atoms with E-state index in [-0.39, 0.29) is 22.8 Å². The van der Waals surface area contributed by atoms with Gasteiger partial charge >= 0.3 is 0 Å². The van der Waals surface area contributed by atoms with Crippen LogP contribution in [-0.2, 0) is 0 Å². The van der Waals surface area contributed by atoms with Crippen LogP contribution in [0.15, 0.2) is 115 Å². The van der Waals surface area contributed by atoms with E-state index in [1.165, 1.54) is 15.9 Å². The first kappa shape index (κ1) is 19.5. The van der Waals surface area contributed by atoms with Crippen LogP contribution in [0.4, 0.5) is 4.39 Å². The maximum atomic E-state index is 13.7. The topological polar surface area (TPSA) is 0 Å². The van der Waals surface area contributed by atoms with Crippen molar-refractivity contribution in [2.24, 2.45) is 0 Å². The lowest BCUT2D eigenvalue weighted by molar-refractivity contribution is -0.00000555. The highest BCUT2D eigenvalue weighted by Gasteiger charge is 2.47. The third-order valence-electron chi connectivity index (χ3n) is 4.64. The molecule has 0 bridgehead atoms.